The van der Waals surface area contributed by atoms with Gasteiger partial charge in [-0.2, -0.15) is 18.3 Å². The molecule has 108 valence electrons. The molecule has 20 heavy (non-hydrogen) atoms. The molecule has 2 rings (SSSR count). The van der Waals surface area contributed by atoms with E-state index in [1.165, 1.54) is 6.20 Å². The van der Waals surface area contributed by atoms with Crippen LogP contribution >= 0.6 is 0 Å². The molecular weight excluding hydrogens is 269 g/mol. The summed E-state index contributed by atoms with van der Waals surface area (Å²) in [6.45, 7) is 0.131. The zero-order valence-electron chi connectivity index (χ0n) is 10.7. The summed E-state index contributed by atoms with van der Waals surface area (Å²) in [4.78, 5) is 0. The smallest absolute Gasteiger partial charge is 0.396 e. The molecule has 0 fully saturated rings. The van der Waals surface area contributed by atoms with Crippen molar-refractivity contribution in [3.05, 3.63) is 52.8 Å². The topological polar surface area (TPSA) is 48.9 Å². The molecule has 0 saturated heterocycles. The Labute approximate surface area is 114 Å². The van der Waals surface area contributed by atoms with Crippen LogP contribution in [0.3, 0.4) is 0 Å². The highest BCUT2D eigenvalue weighted by Crippen LogP contribution is 2.31. The van der Waals surface area contributed by atoms with E-state index < -0.39 is 11.9 Å². The number of nitrogens with zero attached hydrogens (tertiary/aromatic N) is 1. The fraction of sp³-hybridized carbons (Fsp3) is 0.357. The largest absolute Gasteiger partial charge is 0.433 e. The van der Waals surface area contributed by atoms with Gasteiger partial charge in [-0.1, -0.05) is 24.3 Å². The van der Waals surface area contributed by atoms with Gasteiger partial charge in [0.1, 0.15) is 5.69 Å². The van der Waals surface area contributed by atoms with Crippen LogP contribution in [-0.2, 0) is 19.0 Å². The standard InChI is InChI=1S/C14H15F3N2O/c15-14(16,17)13-12(9-18-19-13)8-11-5-3-10(4-6-11)2-1-7-20/h3-6,9,20H,1-2,7-8H2,(H,18,19). The van der Waals surface area contributed by atoms with Crippen LogP contribution in [0.25, 0.3) is 0 Å². The van der Waals surface area contributed by atoms with Crippen LogP contribution in [0.5, 0.6) is 0 Å². The minimum atomic E-state index is -4.41. The highest BCUT2D eigenvalue weighted by atomic mass is 19.4. The number of aliphatic hydroxyl groups is 1. The van der Waals surface area contributed by atoms with E-state index in [9.17, 15) is 13.2 Å². The number of alkyl halides is 3. The Morgan fingerprint density at radius 1 is 1.10 bits per heavy atom. The van der Waals surface area contributed by atoms with E-state index in [0.717, 1.165) is 17.5 Å². The van der Waals surface area contributed by atoms with Crippen LogP contribution in [-0.4, -0.2) is 21.9 Å². The number of benzene rings is 1. The van der Waals surface area contributed by atoms with E-state index in [4.69, 9.17) is 5.11 Å². The predicted octanol–water partition coefficient (Wildman–Crippen LogP) is 2.94. The second kappa shape index (κ2) is 6.09. The van der Waals surface area contributed by atoms with Crippen LogP contribution in [0, 0.1) is 0 Å². The summed E-state index contributed by atoms with van der Waals surface area (Å²) in [5.74, 6) is 0. The average Bonchev–Trinajstić information content (AvgIpc) is 2.86. The molecule has 0 radical (unpaired) electrons. The maximum absolute atomic E-state index is 12.7. The third-order valence-corrected chi connectivity index (χ3v) is 3.04. The van der Waals surface area contributed by atoms with Crippen molar-refractivity contribution in [2.24, 2.45) is 0 Å². The maximum Gasteiger partial charge on any atom is 0.433 e. The summed E-state index contributed by atoms with van der Waals surface area (Å²) >= 11 is 0. The van der Waals surface area contributed by atoms with Gasteiger partial charge in [0, 0.05) is 18.6 Å². The summed E-state index contributed by atoms with van der Waals surface area (Å²) in [6.07, 6.45) is -1.57. The van der Waals surface area contributed by atoms with E-state index in [0.29, 0.717) is 6.42 Å². The first-order valence-corrected chi connectivity index (χ1v) is 6.29. The summed E-state index contributed by atoms with van der Waals surface area (Å²) in [7, 11) is 0. The van der Waals surface area contributed by atoms with Gasteiger partial charge in [0.15, 0.2) is 0 Å². The Morgan fingerprint density at radius 2 is 1.75 bits per heavy atom. The van der Waals surface area contributed by atoms with Gasteiger partial charge >= 0.3 is 6.18 Å². The highest BCUT2D eigenvalue weighted by Gasteiger charge is 2.35. The minimum absolute atomic E-state index is 0.131. The number of halogens is 3. The SMILES string of the molecule is OCCCc1ccc(Cc2cn[nH]c2C(F)(F)F)cc1. The first-order chi connectivity index (χ1) is 9.50. The van der Waals surface area contributed by atoms with Crippen LogP contribution in [0.15, 0.2) is 30.5 Å². The number of hydrogen-bond acceptors (Lipinski definition) is 2. The molecule has 0 aliphatic carbocycles. The van der Waals surface area contributed by atoms with Crippen LogP contribution in [0.1, 0.15) is 28.8 Å². The first-order valence-electron chi connectivity index (χ1n) is 6.29. The van der Waals surface area contributed by atoms with E-state index in [1.54, 1.807) is 12.1 Å². The van der Waals surface area contributed by atoms with Gasteiger partial charge in [0.2, 0.25) is 0 Å². The summed E-state index contributed by atoms with van der Waals surface area (Å²) in [5.41, 5.74) is 1.21. The molecule has 0 aliphatic rings. The van der Waals surface area contributed by atoms with Crippen molar-refractivity contribution in [3.8, 4) is 0 Å². The van der Waals surface area contributed by atoms with Crippen molar-refractivity contribution in [3.63, 3.8) is 0 Å². The number of aryl methyl sites for hydroxylation is 1. The molecule has 0 aliphatic heterocycles. The van der Waals surface area contributed by atoms with Gasteiger partial charge in [0.25, 0.3) is 0 Å². The Bertz CT molecular complexity index is 546. The Kier molecular flexibility index (Phi) is 4.44. The quantitative estimate of drug-likeness (QED) is 0.887. The molecule has 3 nitrogen and oxygen atoms in total. The van der Waals surface area contributed by atoms with E-state index in [2.05, 4.69) is 5.10 Å². The third kappa shape index (κ3) is 3.60. The van der Waals surface area contributed by atoms with Crippen molar-refractivity contribution >= 4 is 0 Å². The van der Waals surface area contributed by atoms with Crippen molar-refractivity contribution in [1.82, 2.24) is 10.2 Å². The number of aromatic amines is 1. The fourth-order valence-electron chi connectivity index (χ4n) is 2.02. The number of aliphatic hydroxyl groups excluding tert-OH is 1. The molecular formula is C14H15F3N2O. The van der Waals surface area contributed by atoms with E-state index >= 15 is 0 Å². The molecule has 0 unspecified atom stereocenters. The minimum Gasteiger partial charge on any atom is -0.396 e. The lowest BCUT2D eigenvalue weighted by atomic mass is 10.0. The monoisotopic (exact) mass is 284 g/mol. The predicted molar refractivity (Wildman–Crippen MR) is 68.2 cm³/mol. The van der Waals surface area contributed by atoms with Crippen molar-refractivity contribution < 1.29 is 18.3 Å². The molecule has 0 bridgehead atoms. The van der Waals surface area contributed by atoms with E-state index in [1.807, 2.05) is 17.2 Å². The van der Waals surface area contributed by atoms with Gasteiger partial charge in [-0.15, -0.1) is 0 Å². The molecule has 0 saturated carbocycles. The molecule has 1 aromatic carbocycles. The second-order valence-corrected chi connectivity index (χ2v) is 4.59. The van der Waals surface area contributed by atoms with Gasteiger partial charge in [-0.05, 0) is 24.0 Å². The van der Waals surface area contributed by atoms with Crippen LogP contribution in [0.4, 0.5) is 13.2 Å². The maximum atomic E-state index is 12.7. The molecule has 2 aromatic rings. The zero-order valence-corrected chi connectivity index (χ0v) is 10.7. The highest BCUT2D eigenvalue weighted by molar-refractivity contribution is 5.30. The molecule has 0 spiro atoms. The van der Waals surface area contributed by atoms with Gasteiger partial charge in [-0.25, -0.2) is 0 Å². The van der Waals surface area contributed by atoms with Crippen molar-refractivity contribution in [2.45, 2.75) is 25.4 Å². The Morgan fingerprint density at radius 3 is 2.35 bits per heavy atom. The molecule has 6 heteroatoms. The number of rotatable bonds is 5. The van der Waals surface area contributed by atoms with Crippen LogP contribution in [0.2, 0.25) is 0 Å². The van der Waals surface area contributed by atoms with Gasteiger partial charge in [-0.3, -0.25) is 5.10 Å². The Balaban J connectivity index is 2.09. The Hall–Kier alpha value is -1.82. The number of hydrogen-bond donors (Lipinski definition) is 2. The van der Waals surface area contributed by atoms with Crippen LogP contribution < -0.4 is 0 Å². The summed E-state index contributed by atoms with van der Waals surface area (Å²) < 4.78 is 38.1. The first kappa shape index (κ1) is 14.6. The molecule has 1 aromatic heterocycles. The average molecular weight is 284 g/mol. The van der Waals surface area contributed by atoms with E-state index in [-0.39, 0.29) is 18.6 Å². The summed E-state index contributed by atoms with van der Waals surface area (Å²) in [6, 6.07) is 7.36. The van der Waals surface area contributed by atoms with Gasteiger partial charge in [0.05, 0.1) is 6.20 Å². The van der Waals surface area contributed by atoms with Gasteiger partial charge < -0.3 is 5.11 Å². The third-order valence-electron chi connectivity index (χ3n) is 3.04. The molecule has 1 heterocycles. The zero-order chi connectivity index (χ0) is 14.6. The normalized spacial score (nSPS) is 11.8. The molecule has 0 atom stereocenters. The molecule has 0 amide bonds. The van der Waals surface area contributed by atoms with Crippen molar-refractivity contribution in [2.75, 3.05) is 6.61 Å². The van der Waals surface area contributed by atoms with Crippen molar-refractivity contribution in [1.29, 1.82) is 0 Å². The number of aromatic nitrogens is 2. The molecule has 2 N–H and O–H groups in total. The lowest BCUT2D eigenvalue weighted by Crippen LogP contribution is -2.09. The lowest BCUT2D eigenvalue weighted by Gasteiger charge is -2.07. The lowest BCUT2D eigenvalue weighted by molar-refractivity contribution is -0.141. The second-order valence-electron chi connectivity index (χ2n) is 4.59. The number of nitrogens with one attached hydrogen (secondary N) is 1. The number of H-pyrrole nitrogens is 1. The summed E-state index contributed by atoms with van der Waals surface area (Å²) in [5, 5.41) is 14.2. The fourth-order valence-corrected chi connectivity index (χ4v) is 2.02.